The molecular weight excluding hydrogens is 392 g/mol. The molecule has 0 aromatic heterocycles. The summed E-state index contributed by atoms with van der Waals surface area (Å²) in [5, 5.41) is 43.7. The summed E-state index contributed by atoms with van der Waals surface area (Å²) in [5.41, 5.74) is 8.49. The van der Waals surface area contributed by atoms with Crippen LogP contribution in [-0.4, -0.2) is 49.5 Å². The van der Waals surface area contributed by atoms with Crippen molar-refractivity contribution in [2.45, 2.75) is 31.9 Å². The largest absolute Gasteiger partial charge is 0.508 e. The summed E-state index contributed by atoms with van der Waals surface area (Å²) < 4.78 is 0. The van der Waals surface area contributed by atoms with Gasteiger partial charge in [0.25, 0.3) is 5.91 Å². The van der Waals surface area contributed by atoms with E-state index in [0.717, 1.165) is 0 Å². The van der Waals surface area contributed by atoms with E-state index in [4.69, 9.17) is 11.5 Å². The highest BCUT2D eigenvalue weighted by Gasteiger charge is 2.61. The number of carbonyl (C=O) groups is 3. The van der Waals surface area contributed by atoms with Crippen molar-refractivity contribution in [2.75, 3.05) is 0 Å². The van der Waals surface area contributed by atoms with Crippen LogP contribution in [0.25, 0.3) is 10.8 Å². The first-order valence-corrected chi connectivity index (χ1v) is 9.21. The van der Waals surface area contributed by atoms with Gasteiger partial charge in [0.05, 0.1) is 17.0 Å². The number of ketones is 2. The lowest BCUT2D eigenvalue weighted by Gasteiger charge is -2.44. The molecule has 0 aliphatic heterocycles. The highest BCUT2D eigenvalue weighted by molar-refractivity contribution is 6.25. The van der Waals surface area contributed by atoms with Crippen molar-refractivity contribution in [3.8, 4) is 11.5 Å². The van der Waals surface area contributed by atoms with Crippen molar-refractivity contribution in [1.29, 1.82) is 0 Å². The molecule has 2 aliphatic carbocycles. The fourth-order valence-corrected chi connectivity index (χ4v) is 4.66. The predicted molar refractivity (Wildman–Crippen MR) is 105 cm³/mol. The summed E-state index contributed by atoms with van der Waals surface area (Å²) in [6.45, 7) is 3.29. The van der Waals surface area contributed by atoms with Crippen LogP contribution in [0.4, 0.5) is 0 Å². The molecule has 1 amide bonds. The second-order valence-electron chi connectivity index (χ2n) is 7.86. The van der Waals surface area contributed by atoms with E-state index in [1.165, 1.54) is 0 Å². The van der Waals surface area contributed by atoms with Crippen LogP contribution in [0.5, 0.6) is 11.5 Å². The van der Waals surface area contributed by atoms with Crippen LogP contribution in [0.3, 0.4) is 0 Å². The second-order valence-corrected chi connectivity index (χ2v) is 7.86. The molecule has 0 fully saturated rings. The van der Waals surface area contributed by atoms with E-state index < -0.39 is 52.1 Å². The third kappa shape index (κ3) is 2.16. The molecule has 9 heteroatoms. The molecule has 2 aromatic rings. The Morgan fingerprint density at radius 1 is 1.13 bits per heavy atom. The Balaban J connectivity index is 2.11. The lowest BCUT2D eigenvalue weighted by molar-refractivity contribution is -0.127. The zero-order valence-corrected chi connectivity index (χ0v) is 16.2. The van der Waals surface area contributed by atoms with E-state index in [0.29, 0.717) is 22.1 Å². The summed E-state index contributed by atoms with van der Waals surface area (Å²) in [6, 6.07) is 1.86. The Morgan fingerprint density at radius 2 is 1.77 bits per heavy atom. The molecule has 0 spiro atoms. The molecule has 4 rings (SSSR count). The van der Waals surface area contributed by atoms with Crippen molar-refractivity contribution in [3.05, 3.63) is 45.7 Å². The van der Waals surface area contributed by atoms with Gasteiger partial charge in [-0.05, 0) is 42.3 Å². The number of phenols is 2. The number of fused-ring (bicyclic) bond motifs is 3. The summed E-state index contributed by atoms with van der Waals surface area (Å²) in [7, 11) is 0. The molecule has 156 valence electrons. The standard InChI is InChI=1S/C21H20N2O7/c1-6-3-4-8-7(2)9-5-10-14(22)17(26)13(20(23)29)19(28)21(10,30)18(27)12(9)16(25)11(8)15(6)24/h3-4,10,14,24-25,28,30H,5,22H2,1-2H3,(H2,23,29)/t10-,14+,21-/m1/s1. The number of carbonyl (C=O) groups excluding carboxylic acids is 3. The molecule has 0 unspecified atom stereocenters. The molecular formula is C21H20N2O7. The van der Waals surface area contributed by atoms with E-state index in [1.807, 2.05) is 0 Å². The van der Waals surface area contributed by atoms with Crippen LogP contribution in [0, 0.1) is 19.8 Å². The fraction of sp³-hybridized carbons (Fsp3) is 0.286. The first-order chi connectivity index (χ1) is 13.9. The van der Waals surface area contributed by atoms with Gasteiger partial charge in [-0.25, -0.2) is 0 Å². The number of aromatic hydroxyl groups is 2. The number of hydrogen-bond acceptors (Lipinski definition) is 8. The number of Topliss-reactive ketones (excluding diaryl/α,β-unsaturated/α-hetero) is 2. The van der Waals surface area contributed by atoms with Gasteiger partial charge in [0.1, 0.15) is 22.8 Å². The number of amides is 1. The minimum atomic E-state index is -2.72. The zero-order chi connectivity index (χ0) is 22.3. The Labute approximate surface area is 170 Å². The maximum Gasteiger partial charge on any atom is 0.255 e. The number of aliphatic hydroxyl groups excluding tert-OH is 1. The Morgan fingerprint density at radius 3 is 2.37 bits per heavy atom. The molecule has 0 bridgehead atoms. The van der Waals surface area contributed by atoms with Gasteiger partial charge in [0, 0.05) is 5.92 Å². The normalized spacial score (nSPS) is 26.0. The van der Waals surface area contributed by atoms with Crippen LogP contribution in [0.1, 0.15) is 27.0 Å². The van der Waals surface area contributed by atoms with Gasteiger partial charge in [0.2, 0.25) is 5.78 Å². The fourth-order valence-electron chi connectivity index (χ4n) is 4.66. The van der Waals surface area contributed by atoms with Gasteiger partial charge < -0.3 is 31.9 Å². The molecule has 30 heavy (non-hydrogen) atoms. The minimum Gasteiger partial charge on any atom is -0.508 e. The number of aliphatic hydroxyl groups is 2. The number of nitrogens with two attached hydrogens (primary N) is 2. The highest BCUT2D eigenvalue weighted by atomic mass is 16.3. The summed E-state index contributed by atoms with van der Waals surface area (Å²) in [5.74, 6) is -6.67. The third-order valence-electron chi connectivity index (χ3n) is 6.37. The number of aryl methyl sites for hydroxylation is 2. The SMILES string of the molecule is Cc1ccc2c(C)c3c(c(O)c2c1O)C(=O)[C@@]1(O)C(O)=C(C(N)=O)C(=O)[C@@H](N)[C@H]1C3. The van der Waals surface area contributed by atoms with Crippen molar-refractivity contribution in [1.82, 2.24) is 0 Å². The average molecular weight is 412 g/mol. The molecule has 9 nitrogen and oxygen atoms in total. The minimum absolute atomic E-state index is 0.0245. The van der Waals surface area contributed by atoms with Crippen LogP contribution in [0.2, 0.25) is 0 Å². The smallest absolute Gasteiger partial charge is 0.255 e. The van der Waals surface area contributed by atoms with E-state index in [2.05, 4.69) is 0 Å². The molecule has 0 saturated carbocycles. The van der Waals surface area contributed by atoms with Gasteiger partial charge in [-0.1, -0.05) is 12.1 Å². The summed E-state index contributed by atoms with van der Waals surface area (Å²) >= 11 is 0. The van der Waals surface area contributed by atoms with Crippen LogP contribution < -0.4 is 11.5 Å². The number of rotatable bonds is 1. The predicted octanol–water partition coefficient (Wildman–Crippen LogP) is 0.161. The van der Waals surface area contributed by atoms with Crippen LogP contribution in [0.15, 0.2) is 23.5 Å². The van der Waals surface area contributed by atoms with Gasteiger partial charge >= 0.3 is 0 Å². The Kier molecular flexibility index (Phi) is 4.00. The average Bonchev–Trinajstić information content (AvgIpc) is 2.68. The first-order valence-electron chi connectivity index (χ1n) is 9.21. The van der Waals surface area contributed by atoms with Crippen molar-refractivity contribution >= 4 is 28.2 Å². The second kappa shape index (κ2) is 6.04. The maximum atomic E-state index is 13.4. The Hall–Kier alpha value is -3.43. The zero-order valence-electron chi connectivity index (χ0n) is 16.2. The molecule has 3 atom stereocenters. The topological polar surface area (TPSA) is 184 Å². The van der Waals surface area contributed by atoms with E-state index in [1.54, 1.807) is 26.0 Å². The summed E-state index contributed by atoms with van der Waals surface area (Å²) in [6.07, 6.45) is -0.134. The molecule has 0 radical (unpaired) electrons. The molecule has 0 heterocycles. The van der Waals surface area contributed by atoms with E-state index in [-0.39, 0.29) is 23.1 Å². The maximum absolute atomic E-state index is 13.4. The first kappa shape index (κ1) is 19.9. The van der Waals surface area contributed by atoms with Crippen molar-refractivity contribution < 1.29 is 34.8 Å². The monoisotopic (exact) mass is 412 g/mol. The highest BCUT2D eigenvalue weighted by Crippen LogP contribution is 2.50. The Bertz CT molecular complexity index is 1230. The van der Waals surface area contributed by atoms with E-state index in [9.17, 15) is 34.8 Å². The quantitative estimate of drug-likeness (QED) is 0.358. The van der Waals surface area contributed by atoms with Crippen LogP contribution in [-0.2, 0) is 16.0 Å². The lowest BCUT2D eigenvalue weighted by Crippen LogP contribution is -2.64. The number of hydrogen-bond donors (Lipinski definition) is 6. The molecule has 2 aliphatic rings. The molecule has 0 saturated heterocycles. The number of primary amides is 1. The van der Waals surface area contributed by atoms with Gasteiger partial charge in [-0.2, -0.15) is 0 Å². The molecule has 2 aromatic carbocycles. The number of phenolic OH excluding ortho intramolecular Hbond substituents is 2. The van der Waals surface area contributed by atoms with E-state index >= 15 is 0 Å². The summed E-state index contributed by atoms with van der Waals surface area (Å²) in [4.78, 5) is 37.6. The van der Waals surface area contributed by atoms with Crippen LogP contribution >= 0.6 is 0 Å². The van der Waals surface area contributed by atoms with Gasteiger partial charge in [0.15, 0.2) is 11.4 Å². The molecule has 8 N–H and O–H groups in total. The van der Waals surface area contributed by atoms with Gasteiger partial charge in [-0.3, -0.25) is 14.4 Å². The van der Waals surface area contributed by atoms with Crippen molar-refractivity contribution in [3.63, 3.8) is 0 Å². The number of benzene rings is 2. The lowest BCUT2D eigenvalue weighted by atomic mass is 9.61. The third-order valence-corrected chi connectivity index (χ3v) is 6.37. The van der Waals surface area contributed by atoms with Crippen molar-refractivity contribution in [2.24, 2.45) is 17.4 Å². The van der Waals surface area contributed by atoms with Gasteiger partial charge in [-0.15, -0.1) is 0 Å².